The summed E-state index contributed by atoms with van der Waals surface area (Å²) < 4.78 is 1.34. The van der Waals surface area contributed by atoms with Crippen LogP contribution in [0.25, 0.3) is 11.3 Å². The first-order chi connectivity index (χ1) is 13.6. The third-order valence-corrected chi connectivity index (χ3v) is 6.06. The molecule has 0 radical (unpaired) electrons. The van der Waals surface area contributed by atoms with Crippen LogP contribution >= 0.6 is 11.3 Å². The average molecular weight is 390 g/mol. The Labute approximate surface area is 166 Å². The summed E-state index contributed by atoms with van der Waals surface area (Å²) in [6, 6.07) is 13.1. The van der Waals surface area contributed by atoms with Crippen LogP contribution in [0.1, 0.15) is 28.2 Å². The molecule has 0 unspecified atom stereocenters. The Bertz CT molecular complexity index is 1160. The fourth-order valence-corrected chi connectivity index (χ4v) is 4.75. The van der Waals surface area contributed by atoms with Crippen LogP contribution in [-0.2, 0) is 24.2 Å². The van der Waals surface area contributed by atoms with Gasteiger partial charge >= 0.3 is 0 Å². The maximum Gasteiger partial charge on any atom is 0.254 e. The summed E-state index contributed by atoms with van der Waals surface area (Å²) >= 11 is 1.46. The lowest BCUT2D eigenvalue weighted by Crippen LogP contribution is -2.29. The molecule has 28 heavy (non-hydrogen) atoms. The summed E-state index contributed by atoms with van der Waals surface area (Å²) in [5.74, 6) is 0.131. The van der Waals surface area contributed by atoms with E-state index in [0.29, 0.717) is 22.1 Å². The molecule has 4 rings (SSSR count). The van der Waals surface area contributed by atoms with Crippen LogP contribution in [0.5, 0.6) is 0 Å². The minimum atomic E-state index is -0.337. The highest BCUT2D eigenvalue weighted by Crippen LogP contribution is 2.38. The fourth-order valence-electron chi connectivity index (χ4n) is 3.49. The third-order valence-electron chi connectivity index (χ3n) is 4.86. The van der Waals surface area contributed by atoms with Crippen LogP contribution in [0.2, 0.25) is 0 Å². The zero-order chi connectivity index (χ0) is 19.7. The number of benzene rings is 1. The van der Waals surface area contributed by atoms with Gasteiger partial charge in [-0.3, -0.25) is 14.2 Å². The van der Waals surface area contributed by atoms with Crippen molar-refractivity contribution in [1.82, 2.24) is 9.55 Å². The van der Waals surface area contributed by atoms with Crippen LogP contribution in [0.4, 0.5) is 5.00 Å². The topological polar surface area (TPSA) is 87.8 Å². The molecule has 1 aliphatic carbocycles. The van der Waals surface area contributed by atoms with Gasteiger partial charge in [-0.05, 0) is 31.7 Å². The molecule has 7 heteroatoms. The first-order valence-corrected chi connectivity index (χ1v) is 9.87. The molecule has 0 fully saturated rings. The number of thiophene rings is 1. The summed E-state index contributed by atoms with van der Waals surface area (Å²) in [7, 11) is 0. The molecule has 0 saturated carbocycles. The van der Waals surface area contributed by atoms with Crippen LogP contribution in [0, 0.1) is 18.3 Å². The molecule has 0 aliphatic heterocycles. The Balaban J connectivity index is 1.56. The lowest BCUT2D eigenvalue weighted by Gasteiger charge is -2.11. The van der Waals surface area contributed by atoms with E-state index >= 15 is 0 Å². The molecule has 0 atom stereocenters. The molecular weight excluding hydrogens is 372 g/mol. The number of nitrogens with one attached hydrogen (secondary N) is 1. The van der Waals surface area contributed by atoms with Gasteiger partial charge in [-0.1, -0.05) is 30.3 Å². The van der Waals surface area contributed by atoms with E-state index in [2.05, 4.69) is 16.4 Å². The van der Waals surface area contributed by atoms with E-state index in [9.17, 15) is 14.9 Å². The number of aromatic nitrogens is 2. The number of hydrogen-bond acceptors (Lipinski definition) is 5. The standard InChI is InChI=1S/C21H18N4O2S/c1-13-23-17(14-6-3-2-4-7-14)10-20(27)25(13)12-19(26)24-21-16(11-22)15-8-5-9-18(15)28-21/h2-4,6-7,10H,5,8-9,12H2,1H3,(H,24,26). The summed E-state index contributed by atoms with van der Waals surface area (Å²) in [5.41, 5.74) is 2.78. The highest BCUT2D eigenvalue weighted by atomic mass is 32.1. The van der Waals surface area contributed by atoms with Gasteiger partial charge < -0.3 is 5.32 Å². The molecule has 6 nitrogen and oxygen atoms in total. The smallest absolute Gasteiger partial charge is 0.254 e. The Morgan fingerprint density at radius 3 is 2.82 bits per heavy atom. The molecule has 0 bridgehead atoms. The molecular formula is C21H18N4O2S. The van der Waals surface area contributed by atoms with E-state index in [-0.39, 0.29) is 18.0 Å². The second kappa shape index (κ2) is 7.41. The van der Waals surface area contributed by atoms with Crippen molar-refractivity contribution < 1.29 is 4.79 Å². The van der Waals surface area contributed by atoms with Crippen molar-refractivity contribution in [2.75, 3.05) is 5.32 Å². The maximum absolute atomic E-state index is 12.6. The van der Waals surface area contributed by atoms with Crippen molar-refractivity contribution >= 4 is 22.2 Å². The first-order valence-electron chi connectivity index (χ1n) is 9.05. The molecule has 0 spiro atoms. The van der Waals surface area contributed by atoms with E-state index in [0.717, 1.165) is 30.4 Å². The van der Waals surface area contributed by atoms with Crippen LogP contribution in [-0.4, -0.2) is 15.5 Å². The van der Waals surface area contributed by atoms with Crippen molar-refractivity contribution in [3.63, 3.8) is 0 Å². The number of fused-ring (bicyclic) bond motifs is 1. The van der Waals surface area contributed by atoms with Gasteiger partial charge in [0.2, 0.25) is 5.91 Å². The predicted molar refractivity (Wildman–Crippen MR) is 108 cm³/mol. The summed E-state index contributed by atoms with van der Waals surface area (Å²) in [5, 5.41) is 12.8. The van der Waals surface area contributed by atoms with Gasteiger partial charge in [0.15, 0.2) is 0 Å². The molecule has 1 aromatic carbocycles. The quantitative estimate of drug-likeness (QED) is 0.740. The number of nitriles is 1. The Morgan fingerprint density at radius 1 is 1.32 bits per heavy atom. The van der Waals surface area contributed by atoms with E-state index < -0.39 is 0 Å². The van der Waals surface area contributed by atoms with E-state index in [4.69, 9.17) is 0 Å². The van der Waals surface area contributed by atoms with Gasteiger partial charge in [0.05, 0.1) is 11.3 Å². The van der Waals surface area contributed by atoms with Gasteiger partial charge in [-0.25, -0.2) is 4.98 Å². The number of anilines is 1. The molecule has 140 valence electrons. The SMILES string of the molecule is Cc1nc(-c2ccccc2)cc(=O)n1CC(=O)Nc1sc2c(c1C#N)CCC2. The summed E-state index contributed by atoms with van der Waals surface area (Å²) in [4.78, 5) is 30.7. The maximum atomic E-state index is 12.6. The van der Waals surface area contributed by atoms with Crippen molar-refractivity contribution in [2.45, 2.75) is 32.7 Å². The Kier molecular flexibility index (Phi) is 4.80. The van der Waals surface area contributed by atoms with Gasteiger partial charge in [-0.2, -0.15) is 5.26 Å². The lowest BCUT2D eigenvalue weighted by molar-refractivity contribution is -0.116. The number of rotatable bonds is 4. The number of nitrogens with zero attached hydrogens (tertiary/aromatic N) is 3. The third kappa shape index (κ3) is 3.35. The second-order valence-electron chi connectivity index (χ2n) is 6.70. The minimum absolute atomic E-state index is 0.139. The van der Waals surface area contributed by atoms with Crippen LogP contribution in [0.15, 0.2) is 41.2 Å². The molecule has 0 saturated heterocycles. The predicted octanol–water partition coefficient (Wildman–Crippen LogP) is 3.28. The van der Waals surface area contributed by atoms with Gasteiger partial charge in [0, 0.05) is 16.5 Å². The molecule has 1 N–H and O–H groups in total. The first kappa shape index (κ1) is 18.1. The highest BCUT2D eigenvalue weighted by molar-refractivity contribution is 7.16. The molecule has 2 aromatic heterocycles. The van der Waals surface area contributed by atoms with E-state index in [1.807, 2.05) is 30.3 Å². The number of carbonyl (C=O) groups excluding carboxylic acids is 1. The largest absolute Gasteiger partial charge is 0.315 e. The number of amides is 1. The zero-order valence-electron chi connectivity index (χ0n) is 15.4. The molecule has 3 aromatic rings. The van der Waals surface area contributed by atoms with E-state index in [1.165, 1.54) is 26.8 Å². The van der Waals surface area contributed by atoms with Gasteiger partial charge in [0.1, 0.15) is 23.4 Å². The van der Waals surface area contributed by atoms with E-state index in [1.54, 1.807) is 6.92 Å². The summed E-state index contributed by atoms with van der Waals surface area (Å²) in [6.07, 6.45) is 2.89. The zero-order valence-corrected chi connectivity index (χ0v) is 16.2. The summed E-state index contributed by atoms with van der Waals surface area (Å²) in [6.45, 7) is 1.57. The highest BCUT2D eigenvalue weighted by Gasteiger charge is 2.23. The Hall–Kier alpha value is -3.24. The second-order valence-corrected chi connectivity index (χ2v) is 7.81. The van der Waals surface area contributed by atoms with Crippen molar-refractivity contribution in [3.8, 4) is 17.3 Å². The van der Waals surface area contributed by atoms with Crippen LogP contribution < -0.4 is 10.9 Å². The number of hydrogen-bond donors (Lipinski definition) is 1. The van der Waals surface area contributed by atoms with Crippen molar-refractivity contribution in [2.24, 2.45) is 0 Å². The minimum Gasteiger partial charge on any atom is -0.315 e. The lowest BCUT2D eigenvalue weighted by atomic mass is 10.1. The Morgan fingerprint density at radius 2 is 2.11 bits per heavy atom. The monoisotopic (exact) mass is 390 g/mol. The van der Waals surface area contributed by atoms with Crippen LogP contribution in [0.3, 0.4) is 0 Å². The molecule has 1 aliphatic rings. The number of carbonyl (C=O) groups is 1. The van der Waals surface area contributed by atoms with Crippen molar-refractivity contribution in [1.29, 1.82) is 5.26 Å². The van der Waals surface area contributed by atoms with Gasteiger partial charge in [-0.15, -0.1) is 11.3 Å². The number of aryl methyl sites for hydroxylation is 2. The fraction of sp³-hybridized carbons (Fsp3) is 0.238. The normalized spacial score (nSPS) is 12.4. The average Bonchev–Trinajstić information content (AvgIpc) is 3.26. The van der Waals surface area contributed by atoms with Gasteiger partial charge in [0.25, 0.3) is 5.56 Å². The molecule has 2 heterocycles. The van der Waals surface area contributed by atoms with Crippen molar-refractivity contribution in [3.05, 3.63) is 68.6 Å². The molecule has 1 amide bonds.